The molecule has 1 aliphatic heterocycles. The van der Waals surface area contributed by atoms with Crippen molar-refractivity contribution < 1.29 is 28.3 Å². The predicted octanol–water partition coefficient (Wildman–Crippen LogP) is 3.01. The smallest absolute Gasteiger partial charge is 0.274 e. The number of nitrogens with zero attached hydrogens (tertiary/aromatic N) is 4. The summed E-state index contributed by atoms with van der Waals surface area (Å²) >= 11 is 0. The summed E-state index contributed by atoms with van der Waals surface area (Å²) in [5, 5.41) is 6.84. The lowest BCUT2D eigenvalue weighted by molar-refractivity contribution is -0.129. The number of carbonyl (C=O) groups excluding carboxylic acids is 2. The maximum absolute atomic E-state index is 13.8. The maximum Gasteiger partial charge on any atom is 0.274 e. The van der Waals surface area contributed by atoms with Crippen LogP contribution in [0.5, 0.6) is 11.5 Å². The molecule has 10 nitrogen and oxygen atoms in total. The monoisotopic (exact) mass is 495 g/mol. The highest BCUT2D eigenvalue weighted by Gasteiger charge is 2.40. The van der Waals surface area contributed by atoms with Gasteiger partial charge in [0, 0.05) is 36.8 Å². The van der Waals surface area contributed by atoms with Crippen LogP contribution in [-0.4, -0.2) is 52.1 Å². The molecule has 4 rings (SSSR count). The molecule has 1 atom stereocenters. The molecule has 0 spiro atoms. The Morgan fingerprint density at radius 1 is 1.19 bits per heavy atom. The minimum absolute atomic E-state index is 0.0283. The molecule has 3 aromatic rings. The summed E-state index contributed by atoms with van der Waals surface area (Å²) in [5.74, 6) is 0.711. The van der Waals surface area contributed by atoms with Gasteiger partial charge in [-0.05, 0) is 24.6 Å². The fraction of sp³-hybridized carbons (Fsp3) is 0.240. The first-order valence-corrected chi connectivity index (χ1v) is 11.3. The molecular formula is C25H26FN5O5. The first-order valence-electron chi connectivity index (χ1n) is 11.3. The third-order valence-electron chi connectivity index (χ3n) is 5.58. The number of carbonyl (C=O) groups is 2. The second-order valence-corrected chi connectivity index (χ2v) is 8.01. The van der Waals surface area contributed by atoms with Crippen LogP contribution in [0.15, 0.2) is 82.9 Å². The van der Waals surface area contributed by atoms with Crippen molar-refractivity contribution in [3.05, 3.63) is 89.7 Å². The van der Waals surface area contributed by atoms with Gasteiger partial charge in [-0.15, -0.1) is 0 Å². The quantitative estimate of drug-likeness (QED) is 0.405. The molecule has 2 amide bonds. The normalized spacial score (nSPS) is 14.9. The number of nitrogens with one attached hydrogen (secondary N) is 1. The summed E-state index contributed by atoms with van der Waals surface area (Å²) in [6.07, 6.45) is 1.26. The zero-order valence-electron chi connectivity index (χ0n) is 19.8. The van der Waals surface area contributed by atoms with E-state index in [0.717, 1.165) is 5.56 Å². The van der Waals surface area contributed by atoms with Crippen molar-refractivity contribution in [1.29, 1.82) is 0 Å². The number of hydrogen-bond acceptors (Lipinski definition) is 8. The number of amides is 2. The average Bonchev–Trinajstić information content (AvgIpc) is 3.53. The Balaban J connectivity index is 1.72. The Morgan fingerprint density at radius 2 is 1.97 bits per heavy atom. The second kappa shape index (κ2) is 11.3. The van der Waals surface area contributed by atoms with Gasteiger partial charge < -0.3 is 24.4 Å². The molecule has 1 aliphatic rings. The molecular weight excluding hydrogens is 469 g/mol. The molecule has 11 heteroatoms. The molecule has 0 saturated heterocycles. The van der Waals surface area contributed by atoms with Crippen molar-refractivity contribution in [3.8, 4) is 11.5 Å². The minimum Gasteiger partial charge on any atom is -0.452 e. The van der Waals surface area contributed by atoms with Gasteiger partial charge in [-0.2, -0.15) is 0 Å². The lowest BCUT2D eigenvalue weighted by Crippen LogP contribution is -2.44. The van der Waals surface area contributed by atoms with Crippen molar-refractivity contribution in [2.45, 2.75) is 26.4 Å². The van der Waals surface area contributed by atoms with Crippen molar-refractivity contribution in [1.82, 2.24) is 25.2 Å². The summed E-state index contributed by atoms with van der Waals surface area (Å²) in [7, 11) is 1.63. The van der Waals surface area contributed by atoms with E-state index < -0.39 is 6.35 Å². The Labute approximate surface area is 207 Å². The van der Waals surface area contributed by atoms with Crippen molar-refractivity contribution in [2.24, 2.45) is 0 Å². The standard InChI is InChI=1S/C25H26FN5O5/c1-3-30(17-32)23-22(24(33)29(2)16-21-12-13-27-36-21)31(15-18-8-5-4-6-9-18)25(28-23)34-19-10-7-11-20(14-19)35-26/h4-14,17,25,28H,3,15-16H2,1-2H3. The number of ether oxygens (including phenoxy) is 1. The molecule has 2 aromatic carbocycles. The van der Waals surface area contributed by atoms with Crippen LogP contribution in [0.3, 0.4) is 0 Å². The van der Waals surface area contributed by atoms with Crippen LogP contribution < -0.4 is 15.0 Å². The molecule has 0 radical (unpaired) electrons. The fourth-order valence-corrected chi connectivity index (χ4v) is 3.81. The zero-order valence-corrected chi connectivity index (χ0v) is 19.8. The van der Waals surface area contributed by atoms with E-state index in [1.807, 2.05) is 30.3 Å². The Kier molecular flexibility index (Phi) is 7.69. The van der Waals surface area contributed by atoms with Crippen LogP contribution in [0, 0.1) is 0 Å². The molecule has 188 valence electrons. The Bertz CT molecular complexity index is 1200. The van der Waals surface area contributed by atoms with Crippen LogP contribution in [-0.2, 0) is 22.7 Å². The largest absolute Gasteiger partial charge is 0.452 e. The first kappa shape index (κ1) is 24.6. The van der Waals surface area contributed by atoms with E-state index in [-0.39, 0.29) is 30.4 Å². The summed E-state index contributed by atoms with van der Waals surface area (Å²) in [4.78, 5) is 34.1. The molecule has 0 saturated carbocycles. The van der Waals surface area contributed by atoms with Gasteiger partial charge in [-0.25, -0.2) is 0 Å². The van der Waals surface area contributed by atoms with Crippen molar-refractivity contribution in [2.75, 3.05) is 13.6 Å². The molecule has 1 aromatic heterocycles. The van der Waals surface area contributed by atoms with Crippen LogP contribution in [0.25, 0.3) is 0 Å². The minimum atomic E-state index is -0.887. The number of hydrogen-bond donors (Lipinski definition) is 1. The van der Waals surface area contributed by atoms with Crippen LogP contribution in [0.1, 0.15) is 18.2 Å². The number of aromatic nitrogens is 1. The molecule has 0 fully saturated rings. The van der Waals surface area contributed by atoms with Gasteiger partial charge in [0.15, 0.2) is 11.5 Å². The van der Waals surface area contributed by atoms with Gasteiger partial charge in [-0.1, -0.05) is 41.6 Å². The lowest BCUT2D eigenvalue weighted by Gasteiger charge is -2.30. The number of benzene rings is 2. The lowest BCUT2D eigenvalue weighted by atomic mass is 10.2. The van der Waals surface area contributed by atoms with E-state index in [0.29, 0.717) is 30.3 Å². The third-order valence-corrected chi connectivity index (χ3v) is 5.58. The summed E-state index contributed by atoms with van der Waals surface area (Å²) < 4.78 is 24.0. The fourth-order valence-electron chi connectivity index (χ4n) is 3.81. The third kappa shape index (κ3) is 5.40. The zero-order chi connectivity index (χ0) is 25.5. The van der Waals surface area contributed by atoms with Gasteiger partial charge in [0.05, 0.1) is 12.7 Å². The van der Waals surface area contributed by atoms with Gasteiger partial charge >= 0.3 is 0 Å². The van der Waals surface area contributed by atoms with Gasteiger partial charge in [-0.3, -0.25) is 19.4 Å². The van der Waals surface area contributed by atoms with Gasteiger partial charge in [0.25, 0.3) is 12.3 Å². The highest BCUT2D eigenvalue weighted by molar-refractivity contribution is 5.94. The topological polar surface area (TPSA) is 100 Å². The van der Waals surface area contributed by atoms with E-state index in [1.54, 1.807) is 37.1 Å². The Hall–Kier alpha value is -4.54. The second-order valence-electron chi connectivity index (χ2n) is 8.01. The number of halogens is 1. The first-order chi connectivity index (χ1) is 17.5. The van der Waals surface area contributed by atoms with Crippen LogP contribution in [0.4, 0.5) is 4.53 Å². The molecule has 36 heavy (non-hydrogen) atoms. The molecule has 0 aliphatic carbocycles. The SMILES string of the molecule is CCN(C=O)C1=C(C(=O)N(C)Cc2ccno2)N(Cc2ccccc2)C(Oc2cccc(OF)c2)N1. The number of likely N-dealkylation sites (N-methyl/N-ethyl adjacent to an activating group) is 1. The summed E-state index contributed by atoms with van der Waals surface area (Å²) in [6.45, 7) is 2.56. The van der Waals surface area contributed by atoms with E-state index in [4.69, 9.17) is 9.26 Å². The maximum atomic E-state index is 13.8. The highest BCUT2D eigenvalue weighted by Crippen LogP contribution is 2.30. The molecule has 0 bridgehead atoms. The summed E-state index contributed by atoms with van der Waals surface area (Å²) in [6, 6.07) is 17.2. The number of rotatable bonds is 11. The summed E-state index contributed by atoms with van der Waals surface area (Å²) in [5.41, 5.74) is 1.14. The van der Waals surface area contributed by atoms with Gasteiger partial charge in [0.2, 0.25) is 6.41 Å². The molecule has 2 heterocycles. The van der Waals surface area contributed by atoms with E-state index in [1.165, 1.54) is 28.1 Å². The van der Waals surface area contributed by atoms with Crippen molar-refractivity contribution in [3.63, 3.8) is 0 Å². The van der Waals surface area contributed by atoms with Crippen LogP contribution >= 0.6 is 0 Å². The van der Waals surface area contributed by atoms with E-state index in [2.05, 4.69) is 15.4 Å². The van der Waals surface area contributed by atoms with E-state index >= 15 is 0 Å². The molecule has 1 unspecified atom stereocenters. The van der Waals surface area contributed by atoms with Crippen LogP contribution in [0.2, 0.25) is 0 Å². The van der Waals surface area contributed by atoms with Crippen molar-refractivity contribution >= 4 is 12.3 Å². The van der Waals surface area contributed by atoms with E-state index in [9.17, 15) is 14.1 Å². The Morgan fingerprint density at radius 3 is 2.64 bits per heavy atom. The highest BCUT2D eigenvalue weighted by atomic mass is 19.3. The predicted molar refractivity (Wildman–Crippen MR) is 126 cm³/mol. The average molecular weight is 496 g/mol. The molecule has 1 N–H and O–H groups in total. The van der Waals surface area contributed by atoms with Gasteiger partial charge in [0.1, 0.15) is 17.3 Å².